The second-order valence-electron chi connectivity index (χ2n) is 5.33. The minimum atomic E-state index is -0.225. The average Bonchev–Trinajstić information content (AvgIpc) is 2.96. The average molecular weight is 356 g/mol. The van der Waals surface area contributed by atoms with Crippen LogP contribution in [-0.4, -0.2) is 21.9 Å². The third-order valence-corrected chi connectivity index (χ3v) is 5.64. The Morgan fingerprint density at radius 2 is 1.83 bits per heavy atom. The molecule has 0 bridgehead atoms. The number of hydrogen-bond acceptors (Lipinski definition) is 5. The number of thioether (sulfide) groups is 1. The number of aromatic nitrogens is 1. The number of hydrogen-bond donors (Lipinski definition) is 1. The van der Waals surface area contributed by atoms with Gasteiger partial charge in [0.15, 0.2) is 10.1 Å². The minimum Gasteiger partial charge on any atom is -0.326 e. The summed E-state index contributed by atoms with van der Waals surface area (Å²) in [4.78, 5) is 28.2. The van der Waals surface area contributed by atoms with Crippen LogP contribution in [0.2, 0.25) is 0 Å². The summed E-state index contributed by atoms with van der Waals surface area (Å²) in [6, 6.07) is 14.9. The predicted octanol–water partition coefficient (Wildman–Crippen LogP) is 4.62. The first-order valence-electron chi connectivity index (χ1n) is 7.47. The maximum atomic E-state index is 12.6. The summed E-state index contributed by atoms with van der Waals surface area (Å²) < 4.78 is 2.02. The smallest absolute Gasteiger partial charge is 0.221 e. The Bertz CT molecular complexity index is 854. The van der Waals surface area contributed by atoms with Gasteiger partial charge in [0.05, 0.1) is 15.5 Å². The van der Waals surface area contributed by atoms with Crippen molar-refractivity contribution >= 4 is 50.7 Å². The molecule has 1 unspecified atom stereocenters. The van der Waals surface area contributed by atoms with E-state index in [1.54, 1.807) is 35.6 Å². The SMILES string of the molecule is CC(=O)Nc1ccc(C(=O)C(C)Sc2nc3ccccc3s2)cc1. The van der Waals surface area contributed by atoms with E-state index < -0.39 is 0 Å². The van der Waals surface area contributed by atoms with Gasteiger partial charge in [0.25, 0.3) is 0 Å². The van der Waals surface area contributed by atoms with Gasteiger partial charge in [-0.15, -0.1) is 11.3 Å². The zero-order valence-electron chi connectivity index (χ0n) is 13.3. The summed E-state index contributed by atoms with van der Waals surface area (Å²) in [5.41, 5.74) is 2.28. The number of thiazole rings is 1. The summed E-state index contributed by atoms with van der Waals surface area (Å²) in [6.07, 6.45) is 0. The second-order valence-corrected chi connectivity index (χ2v) is 7.95. The van der Waals surface area contributed by atoms with E-state index in [0.29, 0.717) is 11.3 Å². The highest BCUT2D eigenvalue weighted by atomic mass is 32.2. The van der Waals surface area contributed by atoms with Crippen LogP contribution in [0.25, 0.3) is 10.2 Å². The number of amides is 1. The summed E-state index contributed by atoms with van der Waals surface area (Å²) in [7, 11) is 0. The molecular formula is C18H16N2O2S2. The molecule has 0 aliphatic heterocycles. The topological polar surface area (TPSA) is 59.1 Å². The summed E-state index contributed by atoms with van der Waals surface area (Å²) >= 11 is 3.07. The number of carbonyl (C=O) groups excluding carboxylic acids is 2. The molecule has 1 aromatic heterocycles. The highest BCUT2D eigenvalue weighted by Gasteiger charge is 2.18. The van der Waals surface area contributed by atoms with Gasteiger partial charge in [-0.25, -0.2) is 4.98 Å². The van der Waals surface area contributed by atoms with Gasteiger partial charge in [0.2, 0.25) is 5.91 Å². The molecule has 122 valence electrons. The standard InChI is InChI=1S/C18H16N2O2S2/c1-11(23-18-20-15-5-3-4-6-16(15)24-18)17(22)13-7-9-14(10-8-13)19-12(2)21/h3-11H,1-2H3,(H,19,21). The fourth-order valence-electron chi connectivity index (χ4n) is 2.26. The van der Waals surface area contributed by atoms with Crippen LogP contribution in [0.5, 0.6) is 0 Å². The highest BCUT2D eigenvalue weighted by Crippen LogP contribution is 2.33. The van der Waals surface area contributed by atoms with Gasteiger partial charge in [-0.2, -0.15) is 0 Å². The van der Waals surface area contributed by atoms with Crippen LogP contribution in [-0.2, 0) is 4.79 Å². The molecule has 1 heterocycles. The minimum absolute atomic E-state index is 0.0497. The van der Waals surface area contributed by atoms with Crippen LogP contribution in [0, 0.1) is 0 Å². The zero-order chi connectivity index (χ0) is 17.1. The fraction of sp³-hybridized carbons (Fsp3) is 0.167. The van der Waals surface area contributed by atoms with E-state index in [1.807, 2.05) is 31.2 Å². The van der Waals surface area contributed by atoms with Crippen LogP contribution in [0.4, 0.5) is 5.69 Å². The van der Waals surface area contributed by atoms with E-state index in [4.69, 9.17) is 0 Å². The van der Waals surface area contributed by atoms with E-state index in [0.717, 1.165) is 14.6 Å². The highest BCUT2D eigenvalue weighted by molar-refractivity contribution is 8.02. The molecule has 24 heavy (non-hydrogen) atoms. The molecule has 6 heteroatoms. The van der Waals surface area contributed by atoms with E-state index >= 15 is 0 Å². The lowest BCUT2D eigenvalue weighted by molar-refractivity contribution is -0.114. The van der Waals surface area contributed by atoms with Crippen LogP contribution < -0.4 is 5.32 Å². The first-order chi connectivity index (χ1) is 11.5. The number of para-hydroxylation sites is 1. The van der Waals surface area contributed by atoms with E-state index in [-0.39, 0.29) is 16.9 Å². The molecule has 0 aliphatic carbocycles. The number of carbonyl (C=O) groups is 2. The van der Waals surface area contributed by atoms with Crippen molar-refractivity contribution in [3.8, 4) is 0 Å². The summed E-state index contributed by atoms with van der Waals surface area (Å²) in [6.45, 7) is 3.34. The number of ketones is 1. The molecule has 0 saturated heterocycles. The lowest BCUT2D eigenvalue weighted by Crippen LogP contribution is -2.13. The quantitative estimate of drug-likeness (QED) is 0.535. The molecule has 0 radical (unpaired) electrons. The molecule has 0 fully saturated rings. The number of nitrogens with zero attached hydrogens (tertiary/aromatic N) is 1. The van der Waals surface area contributed by atoms with Gasteiger partial charge < -0.3 is 5.32 Å². The molecule has 3 rings (SSSR count). The van der Waals surface area contributed by atoms with E-state index in [2.05, 4.69) is 10.3 Å². The molecule has 4 nitrogen and oxygen atoms in total. The van der Waals surface area contributed by atoms with Crippen molar-refractivity contribution in [3.63, 3.8) is 0 Å². The Morgan fingerprint density at radius 1 is 1.12 bits per heavy atom. The van der Waals surface area contributed by atoms with E-state index in [1.165, 1.54) is 18.7 Å². The number of nitrogens with one attached hydrogen (secondary N) is 1. The van der Waals surface area contributed by atoms with Crippen LogP contribution in [0.15, 0.2) is 52.9 Å². The maximum Gasteiger partial charge on any atom is 0.221 e. The lowest BCUT2D eigenvalue weighted by atomic mass is 10.1. The van der Waals surface area contributed by atoms with Crippen LogP contribution >= 0.6 is 23.1 Å². The summed E-state index contributed by atoms with van der Waals surface area (Å²) in [5, 5.41) is 2.47. The molecule has 0 saturated carbocycles. The van der Waals surface area contributed by atoms with Crippen molar-refractivity contribution < 1.29 is 9.59 Å². The number of anilines is 1. The predicted molar refractivity (Wildman–Crippen MR) is 100 cm³/mol. The monoisotopic (exact) mass is 356 g/mol. The van der Waals surface area contributed by atoms with Gasteiger partial charge >= 0.3 is 0 Å². The molecule has 1 amide bonds. The Hall–Kier alpha value is -2.18. The first-order valence-corrected chi connectivity index (χ1v) is 9.16. The normalized spacial score (nSPS) is 12.1. The number of Topliss-reactive ketones (excluding diaryl/α,β-unsaturated/α-hetero) is 1. The molecule has 1 atom stereocenters. The Morgan fingerprint density at radius 3 is 2.50 bits per heavy atom. The first kappa shape index (κ1) is 16.7. The largest absolute Gasteiger partial charge is 0.326 e. The van der Waals surface area contributed by atoms with Gasteiger partial charge in [0.1, 0.15) is 0 Å². The maximum absolute atomic E-state index is 12.6. The molecule has 0 aliphatic rings. The number of rotatable bonds is 5. The van der Waals surface area contributed by atoms with Gasteiger partial charge in [-0.05, 0) is 43.3 Å². The van der Waals surface area contributed by atoms with Crippen LogP contribution in [0.1, 0.15) is 24.2 Å². The van der Waals surface area contributed by atoms with Gasteiger partial charge in [-0.3, -0.25) is 9.59 Å². The third-order valence-electron chi connectivity index (χ3n) is 3.41. The Kier molecular flexibility index (Phi) is 4.97. The Balaban J connectivity index is 1.70. The molecule has 1 N–H and O–H groups in total. The van der Waals surface area contributed by atoms with Crippen molar-refractivity contribution in [1.82, 2.24) is 4.98 Å². The second kappa shape index (κ2) is 7.15. The zero-order valence-corrected chi connectivity index (χ0v) is 14.9. The summed E-state index contributed by atoms with van der Waals surface area (Å²) in [5.74, 6) is -0.0810. The van der Waals surface area contributed by atoms with Crippen molar-refractivity contribution in [3.05, 3.63) is 54.1 Å². The van der Waals surface area contributed by atoms with Crippen LogP contribution in [0.3, 0.4) is 0 Å². The fourth-order valence-corrected chi connectivity index (χ4v) is 4.55. The van der Waals surface area contributed by atoms with Crippen molar-refractivity contribution in [2.75, 3.05) is 5.32 Å². The van der Waals surface area contributed by atoms with Crippen molar-refractivity contribution in [2.24, 2.45) is 0 Å². The van der Waals surface area contributed by atoms with Crippen molar-refractivity contribution in [2.45, 2.75) is 23.4 Å². The Labute approximate surface area is 148 Å². The third kappa shape index (κ3) is 3.83. The van der Waals surface area contributed by atoms with Crippen molar-refractivity contribution in [1.29, 1.82) is 0 Å². The molecule has 2 aromatic carbocycles. The number of fused-ring (bicyclic) bond motifs is 1. The number of benzene rings is 2. The van der Waals surface area contributed by atoms with E-state index in [9.17, 15) is 9.59 Å². The lowest BCUT2D eigenvalue weighted by Gasteiger charge is -2.09. The molecular weight excluding hydrogens is 340 g/mol. The van der Waals surface area contributed by atoms with Gasteiger partial charge in [-0.1, -0.05) is 23.9 Å². The van der Waals surface area contributed by atoms with Gasteiger partial charge in [0, 0.05) is 18.2 Å². The molecule has 3 aromatic rings. The molecule has 0 spiro atoms.